The van der Waals surface area contributed by atoms with Gasteiger partial charge in [-0.3, -0.25) is 4.79 Å². The molecule has 5 heteroatoms. The van der Waals surface area contributed by atoms with Crippen LogP contribution in [0.3, 0.4) is 0 Å². The van der Waals surface area contributed by atoms with Crippen molar-refractivity contribution in [3.8, 4) is 0 Å². The first kappa shape index (κ1) is 12.5. The second-order valence-electron chi connectivity index (χ2n) is 4.20. The highest BCUT2D eigenvalue weighted by Crippen LogP contribution is 2.11. The zero-order valence-electron chi connectivity index (χ0n) is 10.0. The van der Waals surface area contributed by atoms with Gasteiger partial charge in [0.25, 0.3) is 0 Å². The van der Waals surface area contributed by atoms with Crippen LogP contribution < -0.4 is 5.32 Å². The summed E-state index contributed by atoms with van der Waals surface area (Å²) in [6.07, 6.45) is 0.635. The van der Waals surface area contributed by atoms with Crippen LogP contribution in [-0.4, -0.2) is 50.2 Å². The summed E-state index contributed by atoms with van der Waals surface area (Å²) in [7, 11) is 1.90. The Morgan fingerprint density at radius 2 is 2.59 bits per heavy atom. The summed E-state index contributed by atoms with van der Waals surface area (Å²) in [6, 6.07) is 2.01. The van der Waals surface area contributed by atoms with E-state index in [1.165, 1.54) is 0 Å². The summed E-state index contributed by atoms with van der Waals surface area (Å²) < 4.78 is 5.58. The normalized spacial score (nSPS) is 20.5. The molecule has 1 aromatic rings. The van der Waals surface area contributed by atoms with E-state index in [4.69, 9.17) is 4.74 Å². The van der Waals surface area contributed by atoms with Crippen molar-refractivity contribution in [3.05, 3.63) is 22.4 Å². The summed E-state index contributed by atoms with van der Waals surface area (Å²) in [6.45, 7) is 2.84. The molecule has 1 aliphatic heterocycles. The van der Waals surface area contributed by atoms with E-state index in [0.717, 1.165) is 12.1 Å². The molecule has 1 aromatic heterocycles. The first-order valence-electron chi connectivity index (χ1n) is 5.84. The summed E-state index contributed by atoms with van der Waals surface area (Å²) >= 11 is 1.63. The van der Waals surface area contributed by atoms with Gasteiger partial charge in [0.15, 0.2) is 0 Å². The molecule has 2 rings (SSSR count). The number of carbonyl (C=O) groups is 1. The van der Waals surface area contributed by atoms with Gasteiger partial charge in [-0.1, -0.05) is 0 Å². The number of hydrogen-bond acceptors (Lipinski definition) is 4. The van der Waals surface area contributed by atoms with Gasteiger partial charge in [-0.05, 0) is 29.4 Å². The van der Waals surface area contributed by atoms with E-state index in [1.807, 2.05) is 28.8 Å². The molecule has 0 radical (unpaired) electrons. The molecular formula is C12H18N2O2S. The molecule has 0 saturated carbocycles. The Labute approximate surface area is 106 Å². The van der Waals surface area contributed by atoms with Crippen molar-refractivity contribution in [1.82, 2.24) is 10.2 Å². The van der Waals surface area contributed by atoms with Gasteiger partial charge in [-0.15, -0.1) is 0 Å². The van der Waals surface area contributed by atoms with Crippen LogP contribution in [0.25, 0.3) is 0 Å². The first-order valence-corrected chi connectivity index (χ1v) is 6.79. The summed E-state index contributed by atoms with van der Waals surface area (Å²) in [5, 5.41) is 7.12. The standard InChI is InChI=1S/C12H18N2O2S/c1-13-7-11-8-14(3-4-16-11)12(15)6-10-2-5-17-9-10/h2,5,9,11,13H,3-4,6-8H2,1H3. The fourth-order valence-corrected chi connectivity index (χ4v) is 2.65. The molecule has 0 aliphatic carbocycles. The molecule has 1 amide bonds. The highest BCUT2D eigenvalue weighted by Gasteiger charge is 2.23. The van der Waals surface area contributed by atoms with Gasteiger partial charge in [0.2, 0.25) is 5.91 Å². The topological polar surface area (TPSA) is 41.6 Å². The maximum Gasteiger partial charge on any atom is 0.227 e. The fraction of sp³-hybridized carbons (Fsp3) is 0.583. The van der Waals surface area contributed by atoms with Crippen LogP contribution in [0.15, 0.2) is 16.8 Å². The van der Waals surface area contributed by atoms with E-state index in [0.29, 0.717) is 26.1 Å². The summed E-state index contributed by atoms with van der Waals surface area (Å²) in [4.78, 5) is 14.0. The molecule has 0 spiro atoms. The highest BCUT2D eigenvalue weighted by atomic mass is 32.1. The van der Waals surface area contributed by atoms with Crippen molar-refractivity contribution in [1.29, 1.82) is 0 Å². The monoisotopic (exact) mass is 254 g/mol. The van der Waals surface area contributed by atoms with E-state index in [-0.39, 0.29) is 12.0 Å². The first-order chi connectivity index (χ1) is 8.29. The van der Waals surface area contributed by atoms with Gasteiger partial charge >= 0.3 is 0 Å². The van der Waals surface area contributed by atoms with Crippen LogP contribution in [0, 0.1) is 0 Å². The van der Waals surface area contributed by atoms with Gasteiger partial charge in [-0.2, -0.15) is 11.3 Å². The van der Waals surface area contributed by atoms with E-state index < -0.39 is 0 Å². The number of nitrogens with zero attached hydrogens (tertiary/aromatic N) is 1. The minimum absolute atomic E-state index is 0.125. The number of morpholine rings is 1. The number of hydrogen-bond donors (Lipinski definition) is 1. The molecule has 1 fully saturated rings. The molecule has 1 N–H and O–H groups in total. The van der Waals surface area contributed by atoms with Crippen molar-refractivity contribution in [3.63, 3.8) is 0 Å². The minimum atomic E-state index is 0.125. The maximum atomic E-state index is 12.1. The molecule has 94 valence electrons. The third-order valence-corrected chi connectivity index (χ3v) is 3.59. The molecule has 2 heterocycles. The van der Waals surface area contributed by atoms with Crippen molar-refractivity contribution >= 4 is 17.2 Å². The molecule has 1 atom stereocenters. The van der Waals surface area contributed by atoms with Crippen LogP contribution in [-0.2, 0) is 16.0 Å². The van der Waals surface area contributed by atoms with Crippen molar-refractivity contribution in [2.75, 3.05) is 33.3 Å². The summed E-state index contributed by atoms with van der Waals surface area (Å²) in [5.41, 5.74) is 1.11. The van der Waals surface area contributed by atoms with Gasteiger partial charge in [0.1, 0.15) is 0 Å². The largest absolute Gasteiger partial charge is 0.373 e. The number of carbonyl (C=O) groups excluding carboxylic acids is 1. The fourth-order valence-electron chi connectivity index (χ4n) is 1.98. The third-order valence-electron chi connectivity index (χ3n) is 2.86. The second-order valence-corrected chi connectivity index (χ2v) is 4.98. The molecule has 1 unspecified atom stereocenters. The lowest BCUT2D eigenvalue weighted by atomic mass is 10.2. The Hall–Kier alpha value is -0.910. The lowest BCUT2D eigenvalue weighted by Crippen LogP contribution is -2.49. The lowest BCUT2D eigenvalue weighted by Gasteiger charge is -2.33. The molecule has 0 aromatic carbocycles. The average molecular weight is 254 g/mol. The second kappa shape index (κ2) is 6.14. The molecule has 17 heavy (non-hydrogen) atoms. The smallest absolute Gasteiger partial charge is 0.227 e. The van der Waals surface area contributed by atoms with Crippen molar-refractivity contribution in [2.45, 2.75) is 12.5 Å². The highest BCUT2D eigenvalue weighted by molar-refractivity contribution is 7.07. The number of nitrogens with one attached hydrogen (secondary N) is 1. The zero-order valence-corrected chi connectivity index (χ0v) is 10.8. The zero-order chi connectivity index (χ0) is 12.1. The quantitative estimate of drug-likeness (QED) is 0.861. The number of thiophene rings is 1. The SMILES string of the molecule is CNCC1CN(C(=O)Cc2ccsc2)CCO1. The van der Waals surface area contributed by atoms with Gasteiger partial charge in [0.05, 0.1) is 19.1 Å². The Balaban J connectivity index is 1.86. The van der Waals surface area contributed by atoms with Crippen LogP contribution in [0.4, 0.5) is 0 Å². The van der Waals surface area contributed by atoms with Crippen LogP contribution in [0.2, 0.25) is 0 Å². The van der Waals surface area contributed by atoms with Crippen LogP contribution in [0.1, 0.15) is 5.56 Å². The van der Waals surface area contributed by atoms with Crippen LogP contribution >= 0.6 is 11.3 Å². The summed E-state index contributed by atoms with van der Waals surface area (Å²) in [5.74, 6) is 0.202. The number of rotatable bonds is 4. The molecule has 1 aliphatic rings. The van der Waals surface area contributed by atoms with E-state index in [1.54, 1.807) is 11.3 Å². The van der Waals surface area contributed by atoms with E-state index >= 15 is 0 Å². The maximum absolute atomic E-state index is 12.1. The van der Waals surface area contributed by atoms with Crippen molar-refractivity contribution < 1.29 is 9.53 Å². The molecular weight excluding hydrogens is 236 g/mol. The average Bonchev–Trinajstić information content (AvgIpc) is 2.83. The Bertz CT molecular complexity index is 351. The minimum Gasteiger partial charge on any atom is -0.373 e. The van der Waals surface area contributed by atoms with Crippen molar-refractivity contribution in [2.24, 2.45) is 0 Å². The molecule has 4 nitrogen and oxygen atoms in total. The Kier molecular flexibility index (Phi) is 4.53. The number of likely N-dealkylation sites (N-methyl/N-ethyl adjacent to an activating group) is 1. The number of ether oxygens (including phenoxy) is 1. The molecule has 1 saturated heterocycles. The van der Waals surface area contributed by atoms with Crippen LogP contribution in [0.5, 0.6) is 0 Å². The number of amides is 1. The molecule has 0 bridgehead atoms. The van der Waals surface area contributed by atoms with Gasteiger partial charge < -0.3 is 15.0 Å². The van der Waals surface area contributed by atoms with E-state index in [2.05, 4.69) is 5.32 Å². The van der Waals surface area contributed by atoms with Gasteiger partial charge in [-0.25, -0.2) is 0 Å². The predicted molar refractivity (Wildman–Crippen MR) is 68.3 cm³/mol. The van der Waals surface area contributed by atoms with Gasteiger partial charge in [0, 0.05) is 19.6 Å². The Morgan fingerprint density at radius 1 is 1.71 bits per heavy atom. The third kappa shape index (κ3) is 3.52. The predicted octanol–water partition coefficient (Wildman–Crippen LogP) is 0.737. The lowest BCUT2D eigenvalue weighted by molar-refractivity contribution is -0.137. The Morgan fingerprint density at radius 3 is 3.29 bits per heavy atom. The van der Waals surface area contributed by atoms with E-state index in [9.17, 15) is 4.79 Å².